The topological polar surface area (TPSA) is 26.0 Å². The first kappa shape index (κ1) is 13.7. The van der Waals surface area contributed by atoms with E-state index in [1.165, 1.54) is 17.8 Å². The van der Waals surface area contributed by atoms with Gasteiger partial charge in [-0.15, -0.1) is 0 Å². The molecule has 1 nitrogen and oxygen atoms in total. The molecule has 0 bridgehead atoms. The highest BCUT2D eigenvalue weighted by atomic mass is 35.5. The summed E-state index contributed by atoms with van der Waals surface area (Å²) in [6.07, 6.45) is 0. The second-order valence-corrected chi connectivity index (χ2v) is 5.57. The highest BCUT2D eigenvalue weighted by molar-refractivity contribution is 7.99. The molecule has 0 aliphatic rings. The summed E-state index contributed by atoms with van der Waals surface area (Å²) in [5.41, 5.74) is 6.21. The first-order valence-corrected chi connectivity index (χ1v) is 6.79. The Morgan fingerprint density at radius 2 is 1.83 bits per heavy atom. The first-order valence-electron chi connectivity index (χ1n) is 5.21. The molecule has 0 aliphatic carbocycles. The summed E-state index contributed by atoms with van der Waals surface area (Å²) in [4.78, 5) is 1.22. The lowest BCUT2D eigenvalue weighted by Gasteiger charge is -2.07. The minimum Gasteiger partial charge on any atom is -0.326 e. The third-order valence-electron chi connectivity index (χ3n) is 2.35. The second-order valence-electron chi connectivity index (χ2n) is 3.65. The van der Waals surface area contributed by atoms with Crippen LogP contribution in [-0.4, -0.2) is 0 Å². The van der Waals surface area contributed by atoms with E-state index in [4.69, 9.17) is 28.9 Å². The lowest BCUT2D eigenvalue weighted by Crippen LogP contribution is -1.97. The standard InChI is InChI=1S/C13H10Cl2FNS/c14-9-2-3-10(15)13(6-9)18-12-4-1-8(7-17)5-11(12)16/h1-6H,7,17H2. The minimum atomic E-state index is -0.306. The fourth-order valence-electron chi connectivity index (χ4n) is 1.43. The molecule has 0 unspecified atom stereocenters. The molecule has 0 radical (unpaired) electrons. The fraction of sp³-hybridized carbons (Fsp3) is 0.0769. The number of benzene rings is 2. The van der Waals surface area contributed by atoms with E-state index in [-0.39, 0.29) is 5.82 Å². The molecule has 0 heterocycles. The number of halogens is 3. The number of nitrogens with two attached hydrogens (primary N) is 1. The average molecular weight is 302 g/mol. The first-order chi connectivity index (χ1) is 8.60. The van der Waals surface area contributed by atoms with Crippen molar-refractivity contribution in [2.45, 2.75) is 16.3 Å². The maximum atomic E-state index is 13.8. The zero-order valence-corrected chi connectivity index (χ0v) is 11.6. The van der Waals surface area contributed by atoms with E-state index in [2.05, 4.69) is 0 Å². The number of hydrogen-bond donors (Lipinski definition) is 1. The highest BCUT2D eigenvalue weighted by Crippen LogP contribution is 2.36. The van der Waals surface area contributed by atoms with Crippen molar-refractivity contribution in [3.05, 3.63) is 57.8 Å². The van der Waals surface area contributed by atoms with Gasteiger partial charge in [-0.2, -0.15) is 0 Å². The van der Waals surface area contributed by atoms with Gasteiger partial charge >= 0.3 is 0 Å². The van der Waals surface area contributed by atoms with Crippen molar-refractivity contribution in [1.82, 2.24) is 0 Å². The van der Waals surface area contributed by atoms with E-state index < -0.39 is 0 Å². The summed E-state index contributed by atoms with van der Waals surface area (Å²) in [7, 11) is 0. The van der Waals surface area contributed by atoms with Crippen LogP contribution in [0.2, 0.25) is 10.0 Å². The van der Waals surface area contributed by atoms with Crippen molar-refractivity contribution in [3.8, 4) is 0 Å². The summed E-state index contributed by atoms with van der Waals surface area (Å²) in [6.45, 7) is 0.319. The molecule has 2 rings (SSSR count). The lowest BCUT2D eigenvalue weighted by molar-refractivity contribution is 0.599. The Labute approximate surface area is 119 Å². The molecule has 2 aromatic carbocycles. The molecule has 94 valence electrons. The Morgan fingerprint density at radius 1 is 1.06 bits per heavy atom. The molecular formula is C13H10Cl2FNS. The van der Waals surface area contributed by atoms with Crippen LogP contribution in [0.1, 0.15) is 5.56 Å². The van der Waals surface area contributed by atoms with Crippen molar-refractivity contribution in [2.75, 3.05) is 0 Å². The molecule has 0 amide bonds. The Balaban J connectivity index is 2.31. The quantitative estimate of drug-likeness (QED) is 0.886. The molecule has 0 saturated carbocycles. The summed E-state index contributed by atoms with van der Waals surface area (Å²) in [5, 5.41) is 1.12. The minimum absolute atomic E-state index is 0.306. The van der Waals surface area contributed by atoms with E-state index >= 15 is 0 Å². The van der Waals surface area contributed by atoms with Crippen LogP contribution >= 0.6 is 35.0 Å². The summed E-state index contributed by atoms with van der Waals surface area (Å²) < 4.78 is 13.8. The molecular weight excluding hydrogens is 292 g/mol. The van der Waals surface area contributed by atoms with Crippen LogP contribution in [0.3, 0.4) is 0 Å². The van der Waals surface area contributed by atoms with Gasteiger partial charge in [0.15, 0.2) is 0 Å². The van der Waals surface area contributed by atoms with Gasteiger partial charge in [0, 0.05) is 21.4 Å². The lowest BCUT2D eigenvalue weighted by atomic mass is 10.2. The van der Waals surface area contributed by atoms with Gasteiger partial charge in [0.25, 0.3) is 0 Å². The normalized spacial score (nSPS) is 10.7. The summed E-state index contributed by atoms with van der Waals surface area (Å²) >= 11 is 13.2. The van der Waals surface area contributed by atoms with Gasteiger partial charge in [0.2, 0.25) is 0 Å². The maximum absolute atomic E-state index is 13.8. The van der Waals surface area contributed by atoms with E-state index in [1.807, 2.05) is 0 Å². The van der Waals surface area contributed by atoms with Gasteiger partial charge in [0.1, 0.15) is 5.82 Å². The third-order valence-corrected chi connectivity index (χ3v) is 4.13. The Bertz CT molecular complexity index is 575. The molecule has 0 spiro atoms. The third kappa shape index (κ3) is 3.18. The second kappa shape index (κ2) is 5.93. The van der Waals surface area contributed by atoms with Gasteiger partial charge in [-0.25, -0.2) is 4.39 Å². The van der Waals surface area contributed by atoms with Crippen LogP contribution in [0.4, 0.5) is 4.39 Å². The van der Waals surface area contributed by atoms with Crippen molar-refractivity contribution >= 4 is 35.0 Å². The van der Waals surface area contributed by atoms with E-state index in [1.54, 1.807) is 30.3 Å². The zero-order valence-electron chi connectivity index (χ0n) is 9.29. The molecule has 0 saturated heterocycles. The van der Waals surface area contributed by atoms with Gasteiger partial charge in [0.05, 0.1) is 5.02 Å². The van der Waals surface area contributed by atoms with Gasteiger partial charge in [-0.05, 0) is 35.9 Å². The van der Waals surface area contributed by atoms with Crippen molar-refractivity contribution in [2.24, 2.45) is 5.73 Å². The van der Waals surface area contributed by atoms with Crippen molar-refractivity contribution in [3.63, 3.8) is 0 Å². The Kier molecular flexibility index (Phi) is 4.51. The largest absolute Gasteiger partial charge is 0.326 e. The molecule has 5 heteroatoms. The monoisotopic (exact) mass is 301 g/mol. The zero-order chi connectivity index (χ0) is 13.1. The summed E-state index contributed by atoms with van der Waals surface area (Å²) in [6, 6.07) is 10.0. The molecule has 0 aromatic heterocycles. The Hall–Kier alpha value is -0.740. The van der Waals surface area contributed by atoms with E-state index in [0.29, 0.717) is 21.5 Å². The number of hydrogen-bond acceptors (Lipinski definition) is 2. The molecule has 0 atom stereocenters. The smallest absolute Gasteiger partial charge is 0.137 e. The predicted molar refractivity (Wildman–Crippen MR) is 74.9 cm³/mol. The van der Waals surface area contributed by atoms with E-state index in [9.17, 15) is 4.39 Å². The van der Waals surface area contributed by atoms with Crippen LogP contribution in [0.15, 0.2) is 46.2 Å². The average Bonchev–Trinajstić information content (AvgIpc) is 2.36. The van der Waals surface area contributed by atoms with E-state index in [0.717, 1.165) is 10.5 Å². The summed E-state index contributed by atoms with van der Waals surface area (Å²) in [5.74, 6) is -0.306. The highest BCUT2D eigenvalue weighted by Gasteiger charge is 2.08. The van der Waals surface area contributed by atoms with Crippen LogP contribution in [0.25, 0.3) is 0 Å². The van der Waals surface area contributed by atoms with Gasteiger partial charge in [-0.3, -0.25) is 0 Å². The SMILES string of the molecule is NCc1ccc(Sc2cc(Cl)ccc2Cl)c(F)c1. The van der Waals surface area contributed by atoms with Crippen LogP contribution in [0, 0.1) is 5.82 Å². The van der Waals surface area contributed by atoms with Gasteiger partial charge < -0.3 is 5.73 Å². The van der Waals surface area contributed by atoms with Crippen LogP contribution in [-0.2, 0) is 6.54 Å². The molecule has 0 fully saturated rings. The Morgan fingerprint density at radius 3 is 2.50 bits per heavy atom. The van der Waals surface area contributed by atoms with Crippen LogP contribution in [0.5, 0.6) is 0 Å². The molecule has 18 heavy (non-hydrogen) atoms. The fourth-order valence-corrected chi connectivity index (χ4v) is 2.78. The molecule has 2 N–H and O–H groups in total. The molecule has 2 aromatic rings. The van der Waals surface area contributed by atoms with Crippen molar-refractivity contribution in [1.29, 1.82) is 0 Å². The maximum Gasteiger partial charge on any atom is 0.137 e. The van der Waals surface area contributed by atoms with Gasteiger partial charge in [-0.1, -0.05) is 41.0 Å². The van der Waals surface area contributed by atoms with Crippen molar-refractivity contribution < 1.29 is 4.39 Å². The number of rotatable bonds is 3. The molecule has 0 aliphatic heterocycles. The van der Waals surface area contributed by atoms with Crippen LogP contribution < -0.4 is 5.73 Å². The predicted octanol–water partition coefficient (Wildman–Crippen LogP) is 4.74.